The summed E-state index contributed by atoms with van der Waals surface area (Å²) >= 11 is 0. The first kappa shape index (κ1) is 8.77. The second kappa shape index (κ2) is 3.90. The van der Waals surface area contributed by atoms with Gasteiger partial charge in [0.15, 0.2) is 0 Å². The lowest BCUT2D eigenvalue weighted by atomic mass is 10.2. The van der Waals surface area contributed by atoms with Crippen LogP contribution in [0.1, 0.15) is 13.8 Å². The molecule has 3 N–H and O–H groups in total. The number of nitrogens with zero attached hydrogens (tertiary/aromatic N) is 2. The molecule has 0 unspecified atom stereocenters. The average Bonchev–Trinajstić information content (AvgIpc) is 2.03. The van der Waals surface area contributed by atoms with E-state index in [2.05, 4.69) is 29.1 Å². The van der Waals surface area contributed by atoms with Gasteiger partial charge in [0.1, 0.15) is 0 Å². The van der Waals surface area contributed by atoms with Crippen LogP contribution in [0.3, 0.4) is 0 Å². The van der Waals surface area contributed by atoms with E-state index in [0.29, 0.717) is 11.9 Å². The van der Waals surface area contributed by atoms with E-state index in [0.717, 1.165) is 12.2 Å². The van der Waals surface area contributed by atoms with Gasteiger partial charge in [-0.25, -0.2) is 9.97 Å². The fourth-order valence-electron chi connectivity index (χ4n) is 0.751. The molecule has 0 saturated heterocycles. The zero-order valence-electron chi connectivity index (χ0n) is 7.41. The number of nitrogen functional groups attached to an aromatic ring is 1. The highest BCUT2D eigenvalue weighted by Crippen LogP contribution is 2.04. The van der Waals surface area contributed by atoms with E-state index >= 15 is 0 Å². The molecule has 12 heavy (non-hydrogen) atoms. The molecule has 0 atom stereocenters. The first-order chi connectivity index (χ1) is 5.68. The Bertz CT molecular complexity index is 229. The van der Waals surface area contributed by atoms with Gasteiger partial charge in [-0.05, 0) is 5.92 Å². The topological polar surface area (TPSA) is 63.8 Å². The zero-order chi connectivity index (χ0) is 8.97. The summed E-state index contributed by atoms with van der Waals surface area (Å²) in [7, 11) is 0. The van der Waals surface area contributed by atoms with Gasteiger partial charge in [-0.2, -0.15) is 0 Å². The van der Waals surface area contributed by atoms with Crippen molar-refractivity contribution in [2.24, 2.45) is 5.92 Å². The van der Waals surface area contributed by atoms with E-state index in [1.165, 1.54) is 0 Å². The first-order valence-electron chi connectivity index (χ1n) is 4.00. The molecule has 0 aliphatic carbocycles. The van der Waals surface area contributed by atoms with E-state index < -0.39 is 0 Å². The van der Waals surface area contributed by atoms with Crippen molar-refractivity contribution in [3.63, 3.8) is 0 Å². The molecule has 0 aliphatic rings. The van der Waals surface area contributed by atoms with Crippen molar-refractivity contribution in [3.8, 4) is 0 Å². The van der Waals surface area contributed by atoms with Gasteiger partial charge >= 0.3 is 0 Å². The third-order valence-electron chi connectivity index (χ3n) is 1.39. The highest BCUT2D eigenvalue weighted by molar-refractivity contribution is 5.39. The van der Waals surface area contributed by atoms with E-state index in [1.54, 1.807) is 12.4 Å². The third-order valence-corrected chi connectivity index (χ3v) is 1.39. The number of anilines is 2. The van der Waals surface area contributed by atoms with E-state index in [1.807, 2.05) is 0 Å². The minimum absolute atomic E-state index is 0.310. The summed E-state index contributed by atoms with van der Waals surface area (Å²) in [6, 6.07) is 0. The molecule has 0 amide bonds. The number of hydrogen-bond acceptors (Lipinski definition) is 4. The number of rotatable bonds is 3. The molecule has 66 valence electrons. The van der Waals surface area contributed by atoms with Crippen LogP contribution < -0.4 is 11.1 Å². The fraction of sp³-hybridized carbons (Fsp3) is 0.500. The maximum absolute atomic E-state index is 5.33. The molecule has 1 rings (SSSR count). The molecule has 0 saturated carbocycles. The lowest BCUT2D eigenvalue weighted by molar-refractivity contribution is 0.688. The molecule has 4 heteroatoms. The van der Waals surface area contributed by atoms with Gasteiger partial charge in [0, 0.05) is 6.54 Å². The SMILES string of the molecule is CC(C)CNc1cnc(N)nc1. The Morgan fingerprint density at radius 2 is 2.00 bits per heavy atom. The molecule has 0 aromatic carbocycles. The van der Waals surface area contributed by atoms with E-state index in [9.17, 15) is 0 Å². The van der Waals surface area contributed by atoms with Crippen molar-refractivity contribution in [2.45, 2.75) is 13.8 Å². The Kier molecular flexibility index (Phi) is 2.85. The van der Waals surface area contributed by atoms with Crippen molar-refractivity contribution >= 4 is 11.6 Å². The molecular formula is C8H14N4. The highest BCUT2D eigenvalue weighted by atomic mass is 15.0. The predicted octanol–water partition coefficient (Wildman–Crippen LogP) is 1.13. The molecule has 1 aromatic heterocycles. The van der Waals surface area contributed by atoms with Gasteiger partial charge in [-0.1, -0.05) is 13.8 Å². The Balaban J connectivity index is 2.48. The lowest BCUT2D eigenvalue weighted by Gasteiger charge is -2.07. The monoisotopic (exact) mass is 166 g/mol. The lowest BCUT2D eigenvalue weighted by Crippen LogP contribution is -2.08. The van der Waals surface area contributed by atoms with Crippen LogP contribution in [0.15, 0.2) is 12.4 Å². The fourth-order valence-corrected chi connectivity index (χ4v) is 0.751. The smallest absolute Gasteiger partial charge is 0.220 e. The van der Waals surface area contributed by atoms with Gasteiger partial charge in [0.05, 0.1) is 18.1 Å². The van der Waals surface area contributed by atoms with E-state index in [4.69, 9.17) is 5.73 Å². The summed E-state index contributed by atoms with van der Waals surface area (Å²) in [5.74, 6) is 0.924. The molecule has 4 nitrogen and oxygen atoms in total. The second-order valence-corrected chi connectivity index (χ2v) is 3.10. The van der Waals surface area contributed by atoms with Crippen molar-refractivity contribution in [1.29, 1.82) is 0 Å². The van der Waals surface area contributed by atoms with Crippen LogP contribution in [-0.2, 0) is 0 Å². The number of hydrogen-bond donors (Lipinski definition) is 2. The maximum atomic E-state index is 5.33. The minimum atomic E-state index is 0.310. The summed E-state index contributed by atoms with van der Waals surface area (Å²) in [6.07, 6.45) is 3.37. The van der Waals surface area contributed by atoms with Crippen molar-refractivity contribution in [1.82, 2.24) is 9.97 Å². The molecular weight excluding hydrogens is 152 g/mol. The Labute approximate surface area is 72.2 Å². The Morgan fingerprint density at radius 1 is 1.42 bits per heavy atom. The van der Waals surface area contributed by atoms with Crippen LogP contribution in [0.4, 0.5) is 11.6 Å². The number of aromatic nitrogens is 2. The normalized spacial score (nSPS) is 10.2. The largest absolute Gasteiger partial charge is 0.382 e. The van der Waals surface area contributed by atoms with Crippen LogP contribution in [0.25, 0.3) is 0 Å². The number of nitrogens with two attached hydrogens (primary N) is 1. The third kappa shape index (κ3) is 2.74. The van der Waals surface area contributed by atoms with Gasteiger partial charge in [0.2, 0.25) is 5.95 Å². The molecule has 0 bridgehead atoms. The number of nitrogens with one attached hydrogen (secondary N) is 1. The van der Waals surface area contributed by atoms with Crippen LogP contribution in [-0.4, -0.2) is 16.5 Å². The highest BCUT2D eigenvalue weighted by Gasteiger charge is 1.95. The Morgan fingerprint density at radius 3 is 2.50 bits per heavy atom. The minimum Gasteiger partial charge on any atom is -0.382 e. The van der Waals surface area contributed by atoms with Crippen molar-refractivity contribution < 1.29 is 0 Å². The molecule has 1 heterocycles. The Hall–Kier alpha value is -1.32. The van der Waals surface area contributed by atoms with Gasteiger partial charge in [-0.15, -0.1) is 0 Å². The molecule has 0 fully saturated rings. The van der Waals surface area contributed by atoms with Crippen molar-refractivity contribution in [3.05, 3.63) is 12.4 Å². The molecule has 1 aromatic rings. The summed E-state index contributed by atoms with van der Waals surface area (Å²) in [4.78, 5) is 7.72. The summed E-state index contributed by atoms with van der Waals surface area (Å²) < 4.78 is 0. The van der Waals surface area contributed by atoms with Gasteiger partial charge in [-0.3, -0.25) is 0 Å². The van der Waals surface area contributed by atoms with Crippen LogP contribution >= 0.6 is 0 Å². The average molecular weight is 166 g/mol. The van der Waals surface area contributed by atoms with Crippen LogP contribution in [0, 0.1) is 5.92 Å². The van der Waals surface area contributed by atoms with Crippen LogP contribution in [0.2, 0.25) is 0 Å². The predicted molar refractivity (Wildman–Crippen MR) is 49.8 cm³/mol. The van der Waals surface area contributed by atoms with E-state index in [-0.39, 0.29) is 0 Å². The molecule has 0 radical (unpaired) electrons. The standard InChI is InChI=1S/C8H14N4/c1-6(2)3-10-7-4-11-8(9)12-5-7/h4-6,10H,3H2,1-2H3,(H2,9,11,12). The zero-order valence-corrected chi connectivity index (χ0v) is 7.41. The summed E-state index contributed by atoms with van der Waals surface area (Å²) in [5.41, 5.74) is 6.25. The maximum Gasteiger partial charge on any atom is 0.220 e. The van der Waals surface area contributed by atoms with Gasteiger partial charge < -0.3 is 11.1 Å². The first-order valence-corrected chi connectivity index (χ1v) is 4.00. The summed E-state index contributed by atoms with van der Waals surface area (Å²) in [5, 5.41) is 3.19. The quantitative estimate of drug-likeness (QED) is 0.706. The summed E-state index contributed by atoms with van der Waals surface area (Å²) in [6.45, 7) is 5.21. The van der Waals surface area contributed by atoms with Gasteiger partial charge in [0.25, 0.3) is 0 Å². The van der Waals surface area contributed by atoms with Crippen molar-refractivity contribution in [2.75, 3.05) is 17.6 Å². The second-order valence-electron chi connectivity index (χ2n) is 3.10. The molecule has 0 aliphatic heterocycles. The van der Waals surface area contributed by atoms with Crippen LogP contribution in [0.5, 0.6) is 0 Å². The molecule has 0 spiro atoms.